The van der Waals surface area contributed by atoms with Crippen LogP contribution in [0.4, 0.5) is 0 Å². The summed E-state index contributed by atoms with van der Waals surface area (Å²) in [5, 5.41) is 0.481. The van der Waals surface area contributed by atoms with Gasteiger partial charge in [0.2, 0.25) is 0 Å². The molecule has 0 radical (unpaired) electrons. The maximum absolute atomic E-state index is 10.9. The van der Waals surface area contributed by atoms with E-state index < -0.39 is 10.1 Å². The van der Waals surface area contributed by atoms with Crippen molar-refractivity contribution in [3.05, 3.63) is 30.3 Å². The number of thioether (sulfide) groups is 1. The third-order valence-electron chi connectivity index (χ3n) is 2.41. The molecule has 0 atom stereocenters. The number of rotatable bonds is 4. The van der Waals surface area contributed by atoms with Gasteiger partial charge < -0.3 is 0 Å². The Balaban J connectivity index is 1.77. The summed E-state index contributed by atoms with van der Waals surface area (Å²) in [7, 11) is -3.29. The van der Waals surface area contributed by atoms with Crippen LogP contribution in [0, 0.1) is 0 Å². The third-order valence-corrected chi connectivity index (χ3v) is 4.29. The van der Waals surface area contributed by atoms with Crippen molar-refractivity contribution in [1.29, 1.82) is 0 Å². The van der Waals surface area contributed by atoms with Gasteiger partial charge in [-0.3, -0.25) is 4.18 Å². The van der Waals surface area contributed by atoms with Crippen LogP contribution in [-0.2, 0) is 14.3 Å². The molecule has 0 aromatic heterocycles. The molecular formula is C11H14O3S2. The van der Waals surface area contributed by atoms with Gasteiger partial charge in [0.25, 0.3) is 10.1 Å². The zero-order chi connectivity index (χ0) is 11.6. The highest BCUT2D eigenvalue weighted by atomic mass is 32.2. The Morgan fingerprint density at radius 1 is 1.25 bits per heavy atom. The molecule has 1 aliphatic rings. The van der Waals surface area contributed by atoms with E-state index in [2.05, 4.69) is 12.1 Å². The molecular weight excluding hydrogens is 244 g/mol. The molecule has 1 aromatic rings. The van der Waals surface area contributed by atoms with E-state index in [4.69, 9.17) is 4.18 Å². The van der Waals surface area contributed by atoms with Crippen LogP contribution in [0.5, 0.6) is 0 Å². The first-order valence-electron chi connectivity index (χ1n) is 5.13. The van der Waals surface area contributed by atoms with E-state index in [1.54, 1.807) is 11.8 Å². The Morgan fingerprint density at radius 2 is 1.88 bits per heavy atom. The van der Waals surface area contributed by atoms with Crippen molar-refractivity contribution in [2.24, 2.45) is 0 Å². The van der Waals surface area contributed by atoms with Crippen molar-refractivity contribution < 1.29 is 12.6 Å². The molecule has 0 heterocycles. The van der Waals surface area contributed by atoms with Crippen LogP contribution < -0.4 is 0 Å². The van der Waals surface area contributed by atoms with Gasteiger partial charge in [0.05, 0.1) is 12.4 Å². The summed E-state index contributed by atoms with van der Waals surface area (Å²) in [5.74, 6) is 0. The molecule has 0 N–H and O–H groups in total. The van der Waals surface area contributed by atoms with Gasteiger partial charge in [-0.05, 0) is 25.0 Å². The van der Waals surface area contributed by atoms with Crippen LogP contribution in [0.1, 0.15) is 12.8 Å². The molecule has 0 saturated heterocycles. The molecule has 1 saturated carbocycles. The van der Waals surface area contributed by atoms with Crippen molar-refractivity contribution in [3.63, 3.8) is 0 Å². The second-order valence-corrected chi connectivity index (χ2v) is 6.92. The Bertz CT molecular complexity index is 436. The van der Waals surface area contributed by atoms with Gasteiger partial charge in [-0.1, -0.05) is 18.2 Å². The average Bonchev–Trinajstić information content (AvgIpc) is 2.14. The van der Waals surface area contributed by atoms with Crippen molar-refractivity contribution in [2.45, 2.75) is 29.1 Å². The lowest BCUT2D eigenvalue weighted by molar-refractivity contribution is 0.135. The highest BCUT2D eigenvalue weighted by Crippen LogP contribution is 2.38. The molecule has 88 valence electrons. The summed E-state index contributed by atoms with van der Waals surface area (Å²) in [4.78, 5) is 1.23. The second-order valence-electron chi connectivity index (χ2n) is 3.95. The van der Waals surface area contributed by atoms with Gasteiger partial charge >= 0.3 is 0 Å². The highest BCUT2D eigenvalue weighted by molar-refractivity contribution is 8.00. The number of hydrogen-bond acceptors (Lipinski definition) is 4. The summed E-state index contributed by atoms with van der Waals surface area (Å²) in [6.07, 6.45) is 2.61. The van der Waals surface area contributed by atoms with Crippen LogP contribution in [0.15, 0.2) is 35.2 Å². The molecule has 0 aliphatic heterocycles. The first-order chi connectivity index (χ1) is 7.53. The van der Waals surface area contributed by atoms with Gasteiger partial charge in [-0.25, -0.2) is 0 Å². The largest absolute Gasteiger partial charge is 0.267 e. The predicted molar refractivity (Wildman–Crippen MR) is 65.0 cm³/mol. The second kappa shape index (κ2) is 4.77. The Hall–Kier alpha value is -0.520. The molecule has 1 aromatic carbocycles. The third kappa shape index (κ3) is 3.50. The lowest BCUT2D eigenvalue weighted by atomic mass is 9.96. The summed E-state index contributed by atoms with van der Waals surface area (Å²) >= 11 is 1.79. The van der Waals surface area contributed by atoms with E-state index in [0.29, 0.717) is 5.25 Å². The summed E-state index contributed by atoms with van der Waals surface area (Å²) < 4.78 is 26.6. The zero-order valence-electron chi connectivity index (χ0n) is 9.00. The fraction of sp³-hybridized carbons (Fsp3) is 0.455. The summed E-state index contributed by atoms with van der Waals surface area (Å²) in [5.41, 5.74) is 0. The molecule has 0 amide bonds. The quantitative estimate of drug-likeness (QED) is 0.777. The molecule has 5 heteroatoms. The molecule has 0 bridgehead atoms. The van der Waals surface area contributed by atoms with Crippen LogP contribution in [0.2, 0.25) is 0 Å². The number of benzene rings is 1. The van der Waals surface area contributed by atoms with Gasteiger partial charge in [0.15, 0.2) is 0 Å². The molecule has 0 unspecified atom stereocenters. The van der Waals surface area contributed by atoms with E-state index in [0.717, 1.165) is 19.1 Å². The lowest BCUT2D eigenvalue weighted by Gasteiger charge is -2.33. The van der Waals surface area contributed by atoms with Crippen molar-refractivity contribution in [2.75, 3.05) is 6.26 Å². The van der Waals surface area contributed by atoms with E-state index in [-0.39, 0.29) is 6.10 Å². The van der Waals surface area contributed by atoms with E-state index >= 15 is 0 Å². The predicted octanol–water partition coefficient (Wildman–Crippen LogP) is 2.29. The van der Waals surface area contributed by atoms with Gasteiger partial charge in [0.1, 0.15) is 0 Å². The summed E-state index contributed by atoms with van der Waals surface area (Å²) in [6, 6.07) is 10.1. The standard InChI is InChI=1S/C11H14O3S2/c1-16(12,13)14-9-7-11(8-9)15-10-5-3-2-4-6-10/h2-6,9,11H,7-8H2,1H3. The minimum atomic E-state index is -3.29. The lowest BCUT2D eigenvalue weighted by Crippen LogP contribution is -2.34. The Labute approximate surface area is 100 Å². The van der Waals surface area contributed by atoms with Crippen molar-refractivity contribution >= 4 is 21.9 Å². The molecule has 1 fully saturated rings. The topological polar surface area (TPSA) is 43.4 Å². The average molecular weight is 258 g/mol. The minimum Gasteiger partial charge on any atom is -0.267 e. The van der Waals surface area contributed by atoms with Gasteiger partial charge in [0, 0.05) is 10.1 Å². The minimum absolute atomic E-state index is 0.115. The SMILES string of the molecule is CS(=O)(=O)OC1CC(Sc2ccccc2)C1. The first-order valence-corrected chi connectivity index (χ1v) is 7.82. The maximum Gasteiger partial charge on any atom is 0.264 e. The van der Waals surface area contributed by atoms with Gasteiger partial charge in [-0.2, -0.15) is 8.42 Å². The van der Waals surface area contributed by atoms with Gasteiger partial charge in [-0.15, -0.1) is 11.8 Å². The molecule has 0 spiro atoms. The van der Waals surface area contributed by atoms with Crippen LogP contribution in [0.3, 0.4) is 0 Å². The Morgan fingerprint density at radius 3 is 2.44 bits per heavy atom. The molecule has 2 rings (SSSR count). The van der Waals surface area contributed by atoms with E-state index in [1.165, 1.54) is 4.90 Å². The van der Waals surface area contributed by atoms with Crippen LogP contribution in [0.25, 0.3) is 0 Å². The zero-order valence-corrected chi connectivity index (χ0v) is 10.6. The van der Waals surface area contributed by atoms with Crippen molar-refractivity contribution in [3.8, 4) is 0 Å². The van der Waals surface area contributed by atoms with Crippen LogP contribution in [-0.4, -0.2) is 26.0 Å². The smallest absolute Gasteiger partial charge is 0.264 e. The molecule has 16 heavy (non-hydrogen) atoms. The fourth-order valence-corrected chi connectivity index (χ4v) is 3.60. The summed E-state index contributed by atoms with van der Waals surface area (Å²) in [6.45, 7) is 0. The van der Waals surface area contributed by atoms with E-state index in [1.807, 2.05) is 18.2 Å². The van der Waals surface area contributed by atoms with Crippen molar-refractivity contribution in [1.82, 2.24) is 0 Å². The first kappa shape index (κ1) is 12.0. The highest BCUT2D eigenvalue weighted by Gasteiger charge is 2.33. The normalized spacial score (nSPS) is 25.1. The molecule has 1 aliphatic carbocycles. The van der Waals surface area contributed by atoms with E-state index in [9.17, 15) is 8.42 Å². The van der Waals surface area contributed by atoms with Crippen LogP contribution >= 0.6 is 11.8 Å². The monoisotopic (exact) mass is 258 g/mol. The number of hydrogen-bond donors (Lipinski definition) is 0. The fourth-order valence-electron chi connectivity index (χ4n) is 1.63. The maximum atomic E-state index is 10.9. The Kier molecular flexibility index (Phi) is 3.56. The molecule has 3 nitrogen and oxygen atoms in total.